The molecule has 1 saturated heterocycles. The Kier molecular flexibility index (Phi) is 5.04. The molecule has 0 aromatic carbocycles. The van der Waals surface area contributed by atoms with E-state index in [0.717, 1.165) is 50.9 Å². The second-order valence-electron chi connectivity index (χ2n) is 5.43. The number of carbonyl (C=O) groups is 1. The molecule has 1 aromatic heterocycles. The molecule has 1 fully saturated rings. The largest absolute Gasteiger partial charge is 0.361 e. The molecule has 1 aliphatic rings. The lowest BCUT2D eigenvalue weighted by Crippen LogP contribution is -2.32. The summed E-state index contributed by atoms with van der Waals surface area (Å²) in [7, 11) is 0. The Hall–Kier alpha value is -1.52. The van der Waals surface area contributed by atoms with Gasteiger partial charge in [0.25, 0.3) is 0 Å². The van der Waals surface area contributed by atoms with Gasteiger partial charge in [0.05, 0.1) is 11.3 Å². The minimum absolute atomic E-state index is 0.175. The molecule has 0 spiro atoms. The number of hydrogen-bond acceptors (Lipinski definition) is 3. The fourth-order valence-corrected chi connectivity index (χ4v) is 2.71. The van der Waals surface area contributed by atoms with E-state index in [-0.39, 0.29) is 11.7 Å². The third kappa shape index (κ3) is 2.97. The van der Waals surface area contributed by atoms with Crippen molar-refractivity contribution in [1.29, 1.82) is 0 Å². The van der Waals surface area contributed by atoms with Crippen LogP contribution < -0.4 is 5.63 Å². The predicted octanol–water partition coefficient (Wildman–Crippen LogP) is 2.80. The Balaban J connectivity index is 2.31. The van der Waals surface area contributed by atoms with Crippen LogP contribution in [0.4, 0.5) is 4.79 Å². The SMILES string of the molecule is CCCCc1c(CCC)n(C(=O)N2CCCC2)oc1=O. The second kappa shape index (κ2) is 6.77. The van der Waals surface area contributed by atoms with E-state index >= 15 is 0 Å². The van der Waals surface area contributed by atoms with Gasteiger partial charge in [-0.25, -0.2) is 9.59 Å². The Bertz CT molecular complexity index is 510. The highest BCUT2D eigenvalue weighted by Gasteiger charge is 2.26. The average Bonchev–Trinajstić information content (AvgIpc) is 3.06. The summed E-state index contributed by atoms with van der Waals surface area (Å²) in [5.74, 6) is 0. The summed E-state index contributed by atoms with van der Waals surface area (Å²) in [6, 6.07) is -0.175. The molecule has 0 saturated carbocycles. The van der Waals surface area contributed by atoms with E-state index in [4.69, 9.17) is 4.52 Å². The lowest BCUT2D eigenvalue weighted by atomic mass is 10.1. The van der Waals surface area contributed by atoms with Crippen molar-refractivity contribution < 1.29 is 9.32 Å². The first-order chi connectivity index (χ1) is 9.69. The predicted molar refractivity (Wildman–Crippen MR) is 77.2 cm³/mol. The molecule has 20 heavy (non-hydrogen) atoms. The molecule has 0 unspecified atom stereocenters. The smallest absolute Gasteiger partial charge is 0.327 e. The first-order valence-electron chi connectivity index (χ1n) is 7.72. The maximum Gasteiger partial charge on any atom is 0.361 e. The Morgan fingerprint density at radius 1 is 1.15 bits per heavy atom. The lowest BCUT2D eigenvalue weighted by Gasteiger charge is -2.15. The Morgan fingerprint density at radius 2 is 1.85 bits per heavy atom. The number of unbranched alkanes of at least 4 members (excludes halogenated alkanes) is 1. The van der Waals surface area contributed by atoms with Crippen molar-refractivity contribution in [3.8, 4) is 0 Å². The van der Waals surface area contributed by atoms with Gasteiger partial charge in [0, 0.05) is 13.1 Å². The van der Waals surface area contributed by atoms with Gasteiger partial charge >= 0.3 is 11.7 Å². The third-order valence-corrected chi connectivity index (χ3v) is 3.83. The number of aromatic nitrogens is 1. The number of hydrogen-bond donors (Lipinski definition) is 0. The van der Waals surface area contributed by atoms with Crippen molar-refractivity contribution in [2.75, 3.05) is 13.1 Å². The Morgan fingerprint density at radius 3 is 2.45 bits per heavy atom. The number of likely N-dealkylation sites (tertiary alicyclic amines) is 1. The molecule has 5 nitrogen and oxygen atoms in total. The van der Waals surface area contributed by atoms with Crippen molar-refractivity contribution in [2.45, 2.75) is 58.8 Å². The van der Waals surface area contributed by atoms with Gasteiger partial charge in [-0.15, -0.1) is 4.74 Å². The minimum atomic E-state index is -0.338. The van der Waals surface area contributed by atoms with E-state index in [2.05, 4.69) is 6.92 Å². The molecule has 5 heteroatoms. The van der Waals surface area contributed by atoms with Crippen LogP contribution in [0.15, 0.2) is 9.32 Å². The standard InChI is InChI=1S/C15H24N2O3/c1-3-5-9-12-13(8-4-2)17(20-14(12)18)15(19)16-10-6-7-11-16/h3-11H2,1-2H3. The van der Waals surface area contributed by atoms with E-state index in [1.54, 1.807) is 4.90 Å². The molecule has 112 valence electrons. The normalized spacial score (nSPS) is 15.0. The molecule has 0 radical (unpaired) electrons. The van der Waals surface area contributed by atoms with E-state index in [1.165, 1.54) is 4.74 Å². The van der Waals surface area contributed by atoms with E-state index in [1.807, 2.05) is 6.92 Å². The monoisotopic (exact) mass is 280 g/mol. The lowest BCUT2D eigenvalue weighted by molar-refractivity contribution is 0.173. The summed E-state index contributed by atoms with van der Waals surface area (Å²) in [6.07, 6.45) is 6.34. The molecule has 1 aromatic rings. The number of rotatable bonds is 5. The molecule has 1 amide bonds. The molecule has 0 aliphatic carbocycles. The number of nitrogens with zero attached hydrogens (tertiary/aromatic N) is 2. The quantitative estimate of drug-likeness (QED) is 0.833. The van der Waals surface area contributed by atoms with Crippen LogP contribution >= 0.6 is 0 Å². The zero-order chi connectivity index (χ0) is 14.5. The van der Waals surface area contributed by atoms with Crippen LogP contribution in [0.5, 0.6) is 0 Å². The van der Waals surface area contributed by atoms with Gasteiger partial charge in [0.2, 0.25) is 0 Å². The molecule has 1 aliphatic heterocycles. The van der Waals surface area contributed by atoms with E-state index in [0.29, 0.717) is 18.4 Å². The van der Waals surface area contributed by atoms with Crippen molar-refractivity contribution in [3.05, 3.63) is 21.7 Å². The van der Waals surface area contributed by atoms with Gasteiger partial charge in [0.1, 0.15) is 0 Å². The summed E-state index contributed by atoms with van der Waals surface area (Å²) in [4.78, 5) is 26.2. The van der Waals surface area contributed by atoms with Crippen LogP contribution in [-0.2, 0) is 12.8 Å². The van der Waals surface area contributed by atoms with Crippen LogP contribution in [0.1, 0.15) is 57.2 Å². The highest BCUT2D eigenvalue weighted by atomic mass is 16.5. The van der Waals surface area contributed by atoms with Gasteiger partial charge in [-0.3, -0.25) is 0 Å². The molecule has 0 N–H and O–H groups in total. The maximum atomic E-state index is 12.4. The molecular formula is C15H24N2O3. The van der Waals surface area contributed by atoms with Crippen molar-refractivity contribution in [1.82, 2.24) is 9.64 Å². The van der Waals surface area contributed by atoms with Gasteiger partial charge in [-0.1, -0.05) is 26.7 Å². The Labute approximate surface area is 119 Å². The molecule has 2 heterocycles. The maximum absolute atomic E-state index is 12.4. The fraction of sp³-hybridized carbons (Fsp3) is 0.733. The zero-order valence-corrected chi connectivity index (χ0v) is 12.5. The number of amides is 1. The highest BCUT2D eigenvalue weighted by Crippen LogP contribution is 2.16. The zero-order valence-electron chi connectivity index (χ0n) is 12.5. The third-order valence-electron chi connectivity index (χ3n) is 3.83. The average molecular weight is 280 g/mol. The molecule has 0 atom stereocenters. The minimum Gasteiger partial charge on any atom is -0.327 e. The van der Waals surface area contributed by atoms with Crippen molar-refractivity contribution in [2.24, 2.45) is 0 Å². The van der Waals surface area contributed by atoms with Gasteiger partial charge in [-0.05, 0) is 32.1 Å². The second-order valence-corrected chi connectivity index (χ2v) is 5.43. The number of carbonyl (C=O) groups excluding carboxylic acids is 1. The molecule has 2 rings (SSSR count). The summed E-state index contributed by atoms with van der Waals surface area (Å²) >= 11 is 0. The van der Waals surface area contributed by atoms with Crippen LogP contribution in [0.2, 0.25) is 0 Å². The van der Waals surface area contributed by atoms with E-state index < -0.39 is 0 Å². The van der Waals surface area contributed by atoms with Gasteiger partial charge in [-0.2, -0.15) is 0 Å². The van der Waals surface area contributed by atoms with Gasteiger partial charge < -0.3 is 9.42 Å². The summed E-state index contributed by atoms with van der Waals surface area (Å²) in [6.45, 7) is 5.66. The van der Waals surface area contributed by atoms with E-state index in [9.17, 15) is 9.59 Å². The highest BCUT2D eigenvalue weighted by molar-refractivity contribution is 5.76. The first kappa shape index (κ1) is 14.9. The molecule has 0 bridgehead atoms. The van der Waals surface area contributed by atoms with Gasteiger partial charge in [0.15, 0.2) is 0 Å². The first-order valence-corrected chi connectivity index (χ1v) is 7.72. The topological polar surface area (TPSA) is 55.5 Å². The molecular weight excluding hydrogens is 256 g/mol. The van der Waals surface area contributed by atoms with Crippen LogP contribution in [0, 0.1) is 0 Å². The van der Waals surface area contributed by atoms with Crippen LogP contribution in [0.3, 0.4) is 0 Å². The fourth-order valence-electron chi connectivity index (χ4n) is 2.71. The van der Waals surface area contributed by atoms with Crippen LogP contribution in [0.25, 0.3) is 0 Å². The summed E-state index contributed by atoms with van der Waals surface area (Å²) < 4.78 is 6.49. The summed E-state index contributed by atoms with van der Waals surface area (Å²) in [5, 5.41) is 0. The van der Waals surface area contributed by atoms with Crippen LogP contribution in [-0.4, -0.2) is 28.8 Å². The van der Waals surface area contributed by atoms with Crippen molar-refractivity contribution >= 4 is 6.03 Å². The summed E-state index contributed by atoms with van der Waals surface area (Å²) in [5.41, 5.74) is 1.14. The van der Waals surface area contributed by atoms with Crippen molar-refractivity contribution in [3.63, 3.8) is 0 Å².